The van der Waals surface area contributed by atoms with E-state index in [1.165, 1.54) is 6.07 Å². The molecule has 15 heavy (non-hydrogen) atoms. The van der Waals surface area contributed by atoms with Crippen molar-refractivity contribution in [2.24, 2.45) is 0 Å². The monoisotopic (exact) mass is 277 g/mol. The Hall–Kier alpha value is -0.650. The largest absolute Gasteiger partial charge is 0.394 e. The van der Waals surface area contributed by atoms with Crippen LogP contribution in [0.5, 0.6) is 0 Å². The molecule has 1 atom stereocenters. The molecule has 3 nitrogen and oxygen atoms in total. The molecule has 0 bridgehead atoms. The molecule has 3 N–H and O–H groups in total. The Morgan fingerprint density at radius 3 is 2.73 bits per heavy atom. The van der Waals surface area contributed by atoms with E-state index in [0.717, 1.165) is 5.56 Å². The van der Waals surface area contributed by atoms with Crippen LogP contribution in [0.1, 0.15) is 5.56 Å². The van der Waals surface area contributed by atoms with Crippen molar-refractivity contribution in [2.75, 3.05) is 18.5 Å². The van der Waals surface area contributed by atoms with Crippen LogP contribution in [0.15, 0.2) is 18.2 Å². The van der Waals surface area contributed by atoms with Crippen molar-refractivity contribution in [1.29, 1.82) is 0 Å². The number of rotatable bonds is 5. The second-order valence-electron chi connectivity index (χ2n) is 3.17. The minimum Gasteiger partial charge on any atom is -0.394 e. The summed E-state index contributed by atoms with van der Waals surface area (Å²) in [5, 5.41) is 21.0. The predicted octanol–water partition coefficient (Wildman–Crippen LogP) is 1.49. The highest BCUT2D eigenvalue weighted by atomic mass is 79.9. The Kier molecular flexibility index (Phi) is 5.01. The zero-order valence-electron chi connectivity index (χ0n) is 8.08. The van der Waals surface area contributed by atoms with Crippen molar-refractivity contribution in [3.05, 3.63) is 29.6 Å². The number of alkyl halides is 1. The molecule has 0 aliphatic carbocycles. The van der Waals surface area contributed by atoms with E-state index in [4.69, 9.17) is 10.2 Å². The fourth-order valence-electron chi connectivity index (χ4n) is 1.08. The summed E-state index contributed by atoms with van der Waals surface area (Å²) in [4.78, 5) is 0. The molecule has 0 aliphatic heterocycles. The molecule has 0 fully saturated rings. The molecule has 5 heteroatoms. The van der Waals surface area contributed by atoms with Crippen molar-refractivity contribution < 1.29 is 14.6 Å². The zero-order chi connectivity index (χ0) is 11.3. The molecule has 1 aromatic carbocycles. The second-order valence-corrected chi connectivity index (χ2v) is 3.73. The first-order chi connectivity index (χ1) is 7.17. The number of aliphatic hydroxyl groups is 2. The number of anilines is 1. The normalized spacial score (nSPS) is 12.5. The molecule has 1 aromatic rings. The molecule has 0 aliphatic rings. The minimum atomic E-state index is -0.875. The highest BCUT2D eigenvalue weighted by Gasteiger charge is 2.05. The molecule has 1 unspecified atom stereocenters. The SMILES string of the molecule is OCC(O)CNc1ccc(CBr)cc1F. The number of hydrogen-bond acceptors (Lipinski definition) is 3. The van der Waals surface area contributed by atoms with E-state index in [1.807, 2.05) is 0 Å². The van der Waals surface area contributed by atoms with E-state index in [-0.39, 0.29) is 19.0 Å². The average molecular weight is 278 g/mol. The summed E-state index contributed by atoms with van der Waals surface area (Å²) in [5.41, 5.74) is 1.17. The van der Waals surface area contributed by atoms with E-state index >= 15 is 0 Å². The van der Waals surface area contributed by atoms with Gasteiger partial charge < -0.3 is 15.5 Å². The summed E-state index contributed by atoms with van der Waals surface area (Å²) in [7, 11) is 0. The third kappa shape index (κ3) is 3.77. The Balaban J connectivity index is 2.62. The van der Waals surface area contributed by atoms with Crippen molar-refractivity contribution in [1.82, 2.24) is 0 Å². The molecule has 84 valence electrons. The maximum absolute atomic E-state index is 13.4. The lowest BCUT2D eigenvalue weighted by Crippen LogP contribution is -2.23. The van der Waals surface area contributed by atoms with Gasteiger partial charge in [0.05, 0.1) is 18.4 Å². The Labute approximate surface area is 96.1 Å². The highest BCUT2D eigenvalue weighted by molar-refractivity contribution is 9.08. The molecular formula is C10H13BrFNO2. The average Bonchev–Trinajstić information content (AvgIpc) is 2.26. The lowest BCUT2D eigenvalue weighted by molar-refractivity contribution is 0.105. The predicted molar refractivity (Wildman–Crippen MR) is 60.6 cm³/mol. The van der Waals surface area contributed by atoms with Gasteiger partial charge in [0, 0.05) is 11.9 Å². The van der Waals surface area contributed by atoms with Gasteiger partial charge in [-0.15, -0.1) is 0 Å². The summed E-state index contributed by atoms with van der Waals surface area (Å²) in [6.45, 7) is -0.213. The van der Waals surface area contributed by atoms with Gasteiger partial charge >= 0.3 is 0 Å². The molecule has 0 spiro atoms. The summed E-state index contributed by atoms with van der Waals surface area (Å²) in [6.07, 6.45) is -0.875. The van der Waals surface area contributed by atoms with Crippen LogP contribution < -0.4 is 5.32 Å². The van der Waals surface area contributed by atoms with Crippen LogP contribution in [0.4, 0.5) is 10.1 Å². The fraction of sp³-hybridized carbons (Fsp3) is 0.400. The van der Waals surface area contributed by atoms with Crippen LogP contribution >= 0.6 is 15.9 Å². The highest BCUT2D eigenvalue weighted by Crippen LogP contribution is 2.17. The smallest absolute Gasteiger partial charge is 0.146 e. The van der Waals surface area contributed by atoms with E-state index in [1.54, 1.807) is 12.1 Å². The van der Waals surface area contributed by atoms with Crippen molar-refractivity contribution >= 4 is 21.6 Å². The zero-order valence-corrected chi connectivity index (χ0v) is 9.67. The van der Waals surface area contributed by atoms with E-state index in [2.05, 4.69) is 21.2 Å². The maximum Gasteiger partial charge on any atom is 0.146 e. The van der Waals surface area contributed by atoms with Gasteiger partial charge in [0.1, 0.15) is 5.82 Å². The van der Waals surface area contributed by atoms with E-state index < -0.39 is 6.10 Å². The summed E-state index contributed by atoms with van der Waals surface area (Å²) in [5.74, 6) is -0.364. The van der Waals surface area contributed by atoms with Gasteiger partial charge in [0.25, 0.3) is 0 Å². The van der Waals surface area contributed by atoms with Crippen LogP contribution in [0.3, 0.4) is 0 Å². The lowest BCUT2D eigenvalue weighted by Gasteiger charge is -2.11. The molecule has 0 saturated heterocycles. The van der Waals surface area contributed by atoms with Crippen molar-refractivity contribution in [2.45, 2.75) is 11.4 Å². The van der Waals surface area contributed by atoms with Crippen molar-refractivity contribution in [3.8, 4) is 0 Å². The third-order valence-electron chi connectivity index (χ3n) is 1.93. The van der Waals surface area contributed by atoms with Crippen LogP contribution in [0.2, 0.25) is 0 Å². The summed E-state index contributed by atoms with van der Waals surface area (Å²) < 4.78 is 13.4. The van der Waals surface area contributed by atoms with Crippen LogP contribution in [-0.4, -0.2) is 29.5 Å². The Morgan fingerprint density at radius 1 is 1.47 bits per heavy atom. The van der Waals surface area contributed by atoms with Crippen LogP contribution in [-0.2, 0) is 5.33 Å². The van der Waals surface area contributed by atoms with Gasteiger partial charge in [-0.2, -0.15) is 0 Å². The summed E-state index contributed by atoms with van der Waals surface area (Å²) in [6, 6.07) is 4.81. The Bertz CT molecular complexity index is 322. The number of benzene rings is 1. The topological polar surface area (TPSA) is 52.5 Å². The first kappa shape index (κ1) is 12.4. The van der Waals surface area contributed by atoms with Gasteiger partial charge in [-0.3, -0.25) is 0 Å². The van der Waals surface area contributed by atoms with Gasteiger partial charge in [-0.25, -0.2) is 4.39 Å². The quantitative estimate of drug-likeness (QED) is 0.715. The molecule has 0 heterocycles. The molecule has 0 radical (unpaired) electrons. The van der Waals surface area contributed by atoms with Gasteiger partial charge in [-0.1, -0.05) is 22.0 Å². The number of nitrogens with one attached hydrogen (secondary N) is 1. The number of aliphatic hydroxyl groups excluding tert-OH is 2. The number of hydrogen-bond donors (Lipinski definition) is 3. The van der Waals surface area contributed by atoms with Gasteiger partial charge in [-0.05, 0) is 17.7 Å². The molecule has 0 saturated carbocycles. The third-order valence-corrected chi connectivity index (χ3v) is 2.57. The first-order valence-corrected chi connectivity index (χ1v) is 5.66. The fourth-order valence-corrected chi connectivity index (χ4v) is 1.43. The molecule has 1 rings (SSSR count). The number of halogens is 2. The maximum atomic E-state index is 13.4. The lowest BCUT2D eigenvalue weighted by atomic mass is 10.2. The Morgan fingerprint density at radius 2 is 2.20 bits per heavy atom. The van der Waals surface area contributed by atoms with Crippen LogP contribution in [0, 0.1) is 5.82 Å². The van der Waals surface area contributed by atoms with Crippen LogP contribution in [0.25, 0.3) is 0 Å². The van der Waals surface area contributed by atoms with Gasteiger partial charge in [0.15, 0.2) is 0 Å². The van der Waals surface area contributed by atoms with Gasteiger partial charge in [0.2, 0.25) is 0 Å². The summed E-state index contributed by atoms with van der Waals surface area (Å²) >= 11 is 3.23. The standard InChI is InChI=1S/C10H13BrFNO2/c11-4-7-1-2-10(9(12)3-7)13-5-8(15)6-14/h1-3,8,13-15H,4-6H2. The van der Waals surface area contributed by atoms with E-state index in [9.17, 15) is 4.39 Å². The minimum absolute atomic E-state index is 0.126. The van der Waals surface area contributed by atoms with E-state index in [0.29, 0.717) is 11.0 Å². The van der Waals surface area contributed by atoms with Crippen molar-refractivity contribution in [3.63, 3.8) is 0 Å². The molecule has 0 amide bonds. The molecular weight excluding hydrogens is 265 g/mol. The molecule has 0 aromatic heterocycles. The first-order valence-electron chi connectivity index (χ1n) is 4.54. The second kappa shape index (κ2) is 6.05.